The zero-order valence-corrected chi connectivity index (χ0v) is 14.7. The second kappa shape index (κ2) is 6.63. The Kier molecular flexibility index (Phi) is 4.33. The van der Waals surface area contributed by atoms with E-state index < -0.39 is 0 Å². The summed E-state index contributed by atoms with van der Waals surface area (Å²) in [4.78, 5) is 30.1. The lowest BCUT2D eigenvalue weighted by atomic mass is 9.96. The molecule has 2 fully saturated rings. The van der Waals surface area contributed by atoms with Gasteiger partial charge < -0.3 is 19.6 Å². The molecule has 132 valence electrons. The fourth-order valence-corrected chi connectivity index (χ4v) is 3.55. The van der Waals surface area contributed by atoms with Gasteiger partial charge in [0.25, 0.3) is 10.7 Å². The molecule has 1 aromatic heterocycles. The smallest absolute Gasteiger partial charge is 0.266 e. The summed E-state index contributed by atoms with van der Waals surface area (Å²) in [6.45, 7) is 1.93. The van der Waals surface area contributed by atoms with Gasteiger partial charge in [-0.15, -0.1) is 0 Å². The fourth-order valence-electron chi connectivity index (χ4n) is 3.35. The Balaban J connectivity index is 1.44. The zero-order valence-electron chi connectivity index (χ0n) is 13.9. The number of rotatable bonds is 4. The average molecular weight is 359 g/mol. The Morgan fingerprint density at radius 1 is 1.32 bits per heavy atom. The summed E-state index contributed by atoms with van der Waals surface area (Å²) in [5.74, 6) is 0.563. The third-order valence-corrected chi connectivity index (χ3v) is 5.19. The van der Waals surface area contributed by atoms with Crippen LogP contribution in [0.15, 0.2) is 22.6 Å². The summed E-state index contributed by atoms with van der Waals surface area (Å²) < 4.78 is 5.39. The van der Waals surface area contributed by atoms with E-state index in [0.717, 1.165) is 24.9 Å². The van der Waals surface area contributed by atoms with Gasteiger partial charge >= 0.3 is 0 Å². The number of oxazole rings is 1. The molecule has 1 aromatic carbocycles. The van der Waals surface area contributed by atoms with Gasteiger partial charge in [-0.25, -0.2) is 0 Å². The standard InChI is InChI=1S/C18H21N3O3S/c22-16(19-9-11-3-4-11)13-2-1-7-21(10-13)17(23)12-5-6-14-15(8-12)24-18(25)20-14/h5-6,8,11,13H,1-4,7,9-10H2,(H,19,22)(H,20,25). The van der Waals surface area contributed by atoms with Crippen molar-refractivity contribution in [2.24, 2.45) is 11.8 Å². The van der Waals surface area contributed by atoms with Crippen LogP contribution in [0.1, 0.15) is 36.0 Å². The largest absolute Gasteiger partial charge is 0.429 e. The molecule has 4 rings (SSSR count). The lowest BCUT2D eigenvalue weighted by molar-refractivity contribution is -0.126. The summed E-state index contributed by atoms with van der Waals surface area (Å²) in [5, 5.41) is 3.03. The Hall–Kier alpha value is -2.15. The molecule has 7 heteroatoms. The maximum Gasteiger partial charge on any atom is 0.266 e. The fraction of sp³-hybridized carbons (Fsp3) is 0.500. The van der Waals surface area contributed by atoms with Crippen LogP contribution >= 0.6 is 12.2 Å². The van der Waals surface area contributed by atoms with Crippen molar-refractivity contribution >= 4 is 35.1 Å². The first-order chi connectivity index (χ1) is 12.1. The molecule has 2 heterocycles. The topological polar surface area (TPSA) is 78.3 Å². The SMILES string of the molecule is O=C(NCC1CC1)C1CCCN(C(=O)c2ccc3[nH]c(=S)oc3c2)C1. The molecule has 1 saturated heterocycles. The van der Waals surface area contributed by atoms with Gasteiger partial charge in [0.15, 0.2) is 5.58 Å². The van der Waals surface area contributed by atoms with Crippen molar-refractivity contribution in [1.82, 2.24) is 15.2 Å². The number of carbonyl (C=O) groups excluding carboxylic acids is 2. The van der Waals surface area contributed by atoms with Crippen molar-refractivity contribution in [1.29, 1.82) is 0 Å². The summed E-state index contributed by atoms with van der Waals surface area (Å²) in [6.07, 6.45) is 4.12. The van der Waals surface area contributed by atoms with E-state index in [0.29, 0.717) is 35.0 Å². The minimum atomic E-state index is -0.114. The summed E-state index contributed by atoms with van der Waals surface area (Å²) in [5.41, 5.74) is 1.91. The average Bonchev–Trinajstić information content (AvgIpc) is 3.38. The normalized spacial score (nSPS) is 20.6. The third kappa shape index (κ3) is 3.61. The molecule has 2 amide bonds. The zero-order chi connectivity index (χ0) is 17.4. The summed E-state index contributed by atoms with van der Waals surface area (Å²) in [7, 11) is 0. The number of benzene rings is 1. The molecular weight excluding hydrogens is 338 g/mol. The van der Waals surface area contributed by atoms with Crippen LogP contribution in [0.4, 0.5) is 0 Å². The number of nitrogens with one attached hydrogen (secondary N) is 2. The molecular formula is C18H21N3O3S. The van der Waals surface area contributed by atoms with E-state index in [1.807, 2.05) is 0 Å². The first kappa shape index (κ1) is 16.3. The van der Waals surface area contributed by atoms with Crippen molar-refractivity contribution in [3.63, 3.8) is 0 Å². The molecule has 0 radical (unpaired) electrons. The van der Waals surface area contributed by atoms with Gasteiger partial charge in [-0.2, -0.15) is 0 Å². The molecule has 1 aliphatic carbocycles. The number of carbonyl (C=O) groups is 2. The number of hydrogen-bond acceptors (Lipinski definition) is 4. The van der Waals surface area contributed by atoms with Crippen molar-refractivity contribution in [3.05, 3.63) is 28.6 Å². The Morgan fingerprint density at radius 2 is 2.16 bits per heavy atom. The molecule has 0 spiro atoms. The van der Waals surface area contributed by atoms with Crippen LogP contribution in [-0.2, 0) is 4.79 Å². The highest BCUT2D eigenvalue weighted by Crippen LogP contribution is 2.28. The molecule has 1 aliphatic heterocycles. The second-order valence-corrected chi connectivity index (χ2v) is 7.38. The van der Waals surface area contributed by atoms with Crippen LogP contribution in [0, 0.1) is 16.7 Å². The number of hydrogen-bond donors (Lipinski definition) is 2. The molecule has 2 aromatic rings. The number of aromatic nitrogens is 1. The molecule has 6 nitrogen and oxygen atoms in total. The predicted octanol–water partition coefficient (Wildman–Crippen LogP) is 2.87. The molecule has 1 unspecified atom stereocenters. The van der Waals surface area contributed by atoms with Gasteiger partial charge in [-0.3, -0.25) is 9.59 Å². The van der Waals surface area contributed by atoms with Gasteiger partial charge in [-0.1, -0.05) is 0 Å². The van der Waals surface area contributed by atoms with E-state index in [9.17, 15) is 9.59 Å². The minimum absolute atomic E-state index is 0.0658. The number of nitrogens with zero attached hydrogens (tertiary/aromatic N) is 1. The van der Waals surface area contributed by atoms with E-state index in [1.165, 1.54) is 12.8 Å². The van der Waals surface area contributed by atoms with Crippen LogP contribution in [0.3, 0.4) is 0 Å². The van der Waals surface area contributed by atoms with Crippen LogP contribution in [0.2, 0.25) is 0 Å². The quantitative estimate of drug-likeness (QED) is 0.823. The number of amides is 2. The van der Waals surface area contributed by atoms with Crippen molar-refractivity contribution < 1.29 is 14.0 Å². The van der Waals surface area contributed by atoms with Crippen LogP contribution in [0.25, 0.3) is 11.1 Å². The lowest BCUT2D eigenvalue weighted by Crippen LogP contribution is -2.45. The highest BCUT2D eigenvalue weighted by atomic mass is 32.1. The molecule has 2 aliphatic rings. The van der Waals surface area contributed by atoms with Crippen molar-refractivity contribution in [3.8, 4) is 0 Å². The Labute approximate surface area is 150 Å². The Bertz CT molecular complexity index is 868. The Morgan fingerprint density at radius 3 is 2.96 bits per heavy atom. The number of piperidine rings is 1. The summed E-state index contributed by atoms with van der Waals surface area (Å²) in [6, 6.07) is 5.27. The molecule has 1 saturated carbocycles. The highest BCUT2D eigenvalue weighted by Gasteiger charge is 2.30. The molecule has 25 heavy (non-hydrogen) atoms. The van der Waals surface area contributed by atoms with E-state index in [1.54, 1.807) is 23.1 Å². The number of likely N-dealkylation sites (tertiary alicyclic amines) is 1. The van der Waals surface area contributed by atoms with Crippen LogP contribution in [-0.4, -0.2) is 41.3 Å². The second-order valence-electron chi connectivity index (χ2n) is 7.00. The van der Waals surface area contributed by atoms with E-state index >= 15 is 0 Å². The van der Waals surface area contributed by atoms with E-state index in [2.05, 4.69) is 10.3 Å². The van der Waals surface area contributed by atoms with Gasteiger partial charge in [0.2, 0.25) is 5.91 Å². The monoisotopic (exact) mass is 359 g/mol. The first-order valence-corrected chi connectivity index (χ1v) is 9.21. The minimum Gasteiger partial charge on any atom is -0.429 e. The number of aromatic amines is 1. The van der Waals surface area contributed by atoms with E-state index in [-0.39, 0.29) is 17.7 Å². The molecule has 1 atom stereocenters. The van der Waals surface area contributed by atoms with Gasteiger partial charge in [0.05, 0.1) is 11.4 Å². The van der Waals surface area contributed by atoms with Gasteiger partial charge in [0.1, 0.15) is 0 Å². The van der Waals surface area contributed by atoms with Crippen molar-refractivity contribution in [2.45, 2.75) is 25.7 Å². The number of fused-ring (bicyclic) bond motifs is 1. The van der Waals surface area contributed by atoms with Crippen molar-refractivity contribution in [2.75, 3.05) is 19.6 Å². The van der Waals surface area contributed by atoms with Gasteiger partial charge in [-0.05, 0) is 62.0 Å². The molecule has 2 N–H and O–H groups in total. The predicted molar refractivity (Wildman–Crippen MR) is 95.8 cm³/mol. The maximum atomic E-state index is 12.8. The molecule has 0 bridgehead atoms. The van der Waals surface area contributed by atoms with E-state index in [4.69, 9.17) is 16.6 Å². The van der Waals surface area contributed by atoms with Crippen LogP contribution in [0.5, 0.6) is 0 Å². The first-order valence-electron chi connectivity index (χ1n) is 8.80. The third-order valence-electron chi connectivity index (χ3n) is 5.01. The maximum absolute atomic E-state index is 12.8. The van der Waals surface area contributed by atoms with Gasteiger partial charge in [0, 0.05) is 25.2 Å². The highest BCUT2D eigenvalue weighted by molar-refractivity contribution is 7.71. The summed E-state index contributed by atoms with van der Waals surface area (Å²) >= 11 is 4.98. The number of H-pyrrole nitrogens is 1. The van der Waals surface area contributed by atoms with Crippen LogP contribution < -0.4 is 5.32 Å². The lowest BCUT2D eigenvalue weighted by Gasteiger charge is -2.32.